The Balaban J connectivity index is 1.98. The normalized spacial score (nSPS) is 20.9. The van der Waals surface area contributed by atoms with Gasteiger partial charge in [0.1, 0.15) is 0 Å². The second-order valence-corrected chi connectivity index (χ2v) is 5.74. The van der Waals surface area contributed by atoms with Crippen molar-refractivity contribution < 1.29 is 14.6 Å². The number of ether oxygens (including phenoxy) is 1. The van der Waals surface area contributed by atoms with Crippen molar-refractivity contribution in [2.45, 2.75) is 32.9 Å². The SMILES string of the molecule is CC(C)C1CN(Cc2ccc(C(=O)O)cc2)CCCO1. The Bertz CT molecular complexity index is 442. The van der Waals surface area contributed by atoms with E-state index >= 15 is 0 Å². The van der Waals surface area contributed by atoms with E-state index in [-0.39, 0.29) is 6.10 Å². The van der Waals surface area contributed by atoms with Crippen LogP contribution in [0.25, 0.3) is 0 Å². The number of carboxylic acids is 1. The van der Waals surface area contributed by atoms with Gasteiger partial charge in [-0.15, -0.1) is 0 Å². The molecule has 1 atom stereocenters. The van der Waals surface area contributed by atoms with Gasteiger partial charge < -0.3 is 9.84 Å². The molecule has 0 saturated carbocycles. The Morgan fingerprint density at radius 3 is 2.70 bits per heavy atom. The van der Waals surface area contributed by atoms with Gasteiger partial charge in [-0.05, 0) is 30.0 Å². The van der Waals surface area contributed by atoms with Gasteiger partial charge in [0.15, 0.2) is 0 Å². The molecule has 4 heteroatoms. The van der Waals surface area contributed by atoms with E-state index in [9.17, 15) is 4.79 Å². The van der Waals surface area contributed by atoms with E-state index in [1.807, 2.05) is 12.1 Å². The quantitative estimate of drug-likeness (QED) is 0.919. The fourth-order valence-corrected chi connectivity index (χ4v) is 2.48. The van der Waals surface area contributed by atoms with Crippen LogP contribution in [0.5, 0.6) is 0 Å². The second-order valence-electron chi connectivity index (χ2n) is 5.74. The fourth-order valence-electron chi connectivity index (χ4n) is 2.48. The second kappa shape index (κ2) is 6.86. The van der Waals surface area contributed by atoms with Crippen LogP contribution in [0.3, 0.4) is 0 Å². The maximum absolute atomic E-state index is 10.8. The van der Waals surface area contributed by atoms with Crippen LogP contribution in [-0.2, 0) is 11.3 Å². The van der Waals surface area contributed by atoms with Crippen molar-refractivity contribution in [1.82, 2.24) is 4.90 Å². The Morgan fingerprint density at radius 1 is 1.40 bits per heavy atom. The summed E-state index contributed by atoms with van der Waals surface area (Å²) in [6.45, 7) is 8.04. The molecule has 1 aromatic rings. The van der Waals surface area contributed by atoms with Crippen molar-refractivity contribution in [3.8, 4) is 0 Å². The summed E-state index contributed by atoms with van der Waals surface area (Å²) in [5, 5.41) is 8.90. The molecule has 0 spiro atoms. The average Bonchev–Trinajstić information content (AvgIpc) is 2.65. The van der Waals surface area contributed by atoms with Crippen molar-refractivity contribution in [2.75, 3.05) is 19.7 Å². The number of carbonyl (C=O) groups is 1. The first-order chi connectivity index (χ1) is 9.56. The molecule has 0 aromatic heterocycles. The van der Waals surface area contributed by atoms with Crippen LogP contribution >= 0.6 is 0 Å². The monoisotopic (exact) mass is 277 g/mol. The zero-order chi connectivity index (χ0) is 14.5. The van der Waals surface area contributed by atoms with Crippen LogP contribution in [0.4, 0.5) is 0 Å². The predicted octanol–water partition coefficient (Wildman–Crippen LogP) is 2.63. The zero-order valence-corrected chi connectivity index (χ0v) is 12.2. The van der Waals surface area contributed by atoms with Gasteiger partial charge in [0, 0.05) is 26.2 Å². The van der Waals surface area contributed by atoms with Crippen LogP contribution in [0.15, 0.2) is 24.3 Å². The number of nitrogens with zero attached hydrogens (tertiary/aromatic N) is 1. The molecular weight excluding hydrogens is 254 g/mol. The Hall–Kier alpha value is -1.39. The molecule has 1 fully saturated rings. The van der Waals surface area contributed by atoms with E-state index in [2.05, 4.69) is 18.7 Å². The van der Waals surface area contributed by atoms with E-state index in [1.54, 1.807) is 12.1 Å². The van der Waals surface area contributed by atoms with Crippen molar-refractivity contribution >= 4 is 5.97 Å². The summed E-state index contributed by atoms with van der Waals surface area (Å²) in [6.07, 6.45) is 1.34. The predicted molar refractivity (Wildman–Crippen MR) is 77.9 cm³/mol. The summed E-state index contributed by atoms with van der Waals surface area (Å²) in [6, 6.07) is 7.15. The minimum atomic E-state index is -0.875. The molecule has 0 radical (unpaired) electrons. The van der Waals surface area contributed by atoms with E-state index in [4.69, 9.17) is 9.84 Å². The molecule has 0 bridgehead atoms. The Morgan fingerprint density at radius 2 is 2.10 bits per heavy atom. The first-order valence-electron chi connectivity index (χ1n) is 7.22. The lowest BCUT2D eigenvalue weighted by molar-refractivity contribution is 0.0222. The van der Waals surface area contributed by atoms with Gasteiger partial charge in [0.05, 0.1) is 11.7 Å². The standard InChI is InChI=1S/C16H23NO3/c1-12(2)15-11-17(8-3-9-20-15)10-13-4-6-14(7-5-13)16(18)19/h4-7,12,15H,3,8-11H2,1-2H3,(H,18,19). The summed E-state index contributed by atoms with van der Waals surface area (Å²) in [5.41, 5.74) is 1.49. The topological polar surface area (TPSA) is 49.8 Å². The molecule has 1 aromatic carbocycles. The van der Waals surface area contributed by atoms with Gasteiger partial charge in [0.25, 0.3) is 0 Å². The van der Waals surface area contributed by atoms with Crippen LogP contribution in [0.1, 0.15) is 36.2 Å². The summed E-state index contributed by atoms with van der Waals surface area (Å²) >= 11 is 0. The molecular formula is C16H23NO3. The largest absolute Gasteiger partial charge is 0.478 e. The highest BCUT2D eigenvalue weighted by molar-refractivity contribution is 5.87. The van der Waals surface area contributed by atoms with E-state index in [1.165, 1.54) is 0 Å². The third kappa shape index (κ3) is 4.05. The molecule has 0 aliphatic carbocycles. The highest BCUT2D eigenvalue weighted by Crippen LogP contribution is 2.16. The lowest BCUT2D eigenvalue weighted by atomic mass is 10.1. The maximum Gasteiger partial charge on any atom is 0.335 e. The number of carboxylic acid groups (broad SMARTS) is 1. The molecule has 20 heavy (non-hydrogen) atoms. The van der Waals surface area contributed by atoms with E-state index in [0.717, 1.165) is 38.2 Å². The molecule has 1 unspecified atom stereocenters. The van der Waals surface area contributed by atoms with Crippen LogP contribution in [-0.4, -0.2) is 41.8 Å². The van der Waals surface area contributed by atoms with Gasteiger partial charge in [-0.25, -0.2) is 4.79 Å². The van der Waals surface area contributed by atoms with Crippen molar-refractivity contribution in [1.29, 1.82) is 0 Å². The van der Waals surface area contributed by atoms with Crippen molar-refractivity contribution in [3.63, 3.8) is 0 Å². The van der Waals surface area contributed by atoms with Crippen molar-refractivity contribution in [3.05, 3.63) is 35.4 Å². The first-order valence-corrected chi connectivity index (χ1v) is 7.22. The van der Waals surface area contributed by atoms with Crippen LogP contribution < -0.4 is 0 Å². The lowest BCUT2D eigenvalue weighted by Crippen LogP contribution is -2.34. The van der Waals surface area contributed by atoms with E-state index in [0.29, 0.717) is 11.5 Å². The summed E-state index contributed by atoms with van der Waals surface area (Å²) in [4.78, 5) is 13.2. The van der Waals surface area contributed by atoms with Gasteiger partial charge in [-0.2, -0.15) is 0 Å². The minimum Gasteiger partial charge on any atom is -0.478 e. The number of hydrogen-bond acceptors (Lipinski definition) is 3. The minimum absolute atomic E-state index is 0.288. The number of aromatic carboxylic acids is 1. The van der Waals surface area contributed by atoms with Gasteiger partial charge in [0.2, 0.25) is 0 Å². The molecule has 110 valence electrons. The summed E-state index contributed by atoms with van der Waals surface area (Å²) in [7, 11) is 0. The number of rotatable bonds is 4. The maximum atomic E-state index is 10.8. The lowest BCUT2D eigenvalue weighted by Gasteiger charge is -2.26. The van der Waals surface area contributed by atoms with E-state index < -0.39 is 5.97 Å². The number of benzene rings is 1. The van der Waals surface area contributed by atoms with Gasteiger partial charge in [-0.3, -0.25) is 4.90 Å². The van der Waals surface area contributed by atoms with Gasteiger partial charge >= 0.3 is 5.97 Å². The number of hydrogen-bond donors (Lipinski definition) is 1. The highest BCUT2D eigenvalue weighted by Gasteiger charge is 2.21. The third-order valence-electron chi connectivity index (χ3n) is 3.74. The Kier molecular flexibility index (Phi) is 5.15. The van der Waals surface area contributed by atoms with Crippen molar-refractivity contribution in [2.24, 2.45) is 5.92 Å². The smallest absolute Gasteiger partial charge is 0.335 e. The molecule has 1 aliphatic heterocycles. The molecule has 1 N–H and O–H groups in total. The Labute approximate surface area is 120 Å². The molecule has 2 rings (SSSR count). The summed E-state index contributed by atoms with van der Waals surface area (Å²) in [5.74, 6) is -0.357. The first kappa shape index (κ1) is 15.0. The molecule has 1 heterocycles. The van der Waals surface area contributed by atoms with Crippen LogP contribution in [0, 0.1) is 5.92 Å². The zero-order valence-electron chi connectivity index (χ0n) is 12.2. The van der Waals surface area contributed by atoms with Gasteiger partial charge in [-0.1, -0.05) is 26.0 Å². The highest BCUT2D eigenvalue weighted by atomic mass is 16.5. The molecule has 1 saturated heterocycles. The third-order valence-corrected chi connectivity index (χ3v) is 3.74. The molecule has 0 amide bonds. The summed E-state index contributed by atoms with van der Waals surface area (Å²) < 4.78 is 5.86. The molecule has 4 nitrogen and oxygen atoms in total. The van der Waals surface area contributed by atoms with Crippen LogP contribution in [0.2, 0.25) is 0 Å². The fraction of sp³-hybridized carbons (Fsp3) is 0.562. The average molecular weight is 277 g/mol. The molecule has 1 aliphatic rings.